The number of rotatable bonds is 7. The lowest BCUT2D eigenvalue weighted by Gasteiger charge is -2.20. The van der Waals surface area contributed by atoms with E-state index in [0.29, 0.717) is 19.0 Å². The molecule has 0 radical (unpaired) electrons. The second-order valence-electron chi connectivity index (χ2n) is 5.59. The Bertz CT molecular complexity index is 701. The summed E-state index contributed by atoms with van der Waals surface area (Å²) in [5.74, 6) is 1.42. The number of amides is 1. The van der Waals surface area contributed by atoms with Crippen molar-refractivity contribution < 1.29 is 4.79 Å². The topological polar surface area (TPSA) is 85.4 Å². The van der Waals surface area contributed by atoms with Crippen molar-refractivity contribution in [2.75, 3.05) is 26.7 Å². The monoisotopic (exact) mass is 470 g/mol. The minimum absolute atomic E-state index is 0. The zero-order chi connectivity index (χ0) is 18.1. The van der Waals surface area contributed by atoms with Crippen molar-refractivity contribution in [1.82, 2.24) is 25.5 Å². The average molecular weight is 470 g/mol. The number of nitrogens with one attached hydrogen (secondary N) is 3. The van der Waals surface area contributed by atoms with Crippen LogP contribution in [0.25, 0.3) is 11.3 Å². The fourth-order valence-corrected chi connectivity index (χ4v) is 2.38. The molecule has 2 aromatic rings. The van der Waals surface area contributed by atoms with E-state index in [0.717, 1.165) is 23.6 Å². The number of nitrogens with zero attached hydrogens (tertiary/aromatic N) is 3. The summed E-state index contributed by atoms with van der Waals surface area (Å²) < 4.78 is 0. The standard InChI is InChI=1S/C18H26N6O.HI/c1-4-19-17(25)12-22-18(20-5-2)24(3)13-16-21-11-15(23-16)14-9-7-6-8-10-14;/h6-11H,4-5,12-13H2,1-3H3,(H,19,25)(H,20,22)(H,21,23);1H. The molecule has 0 saturated carbocycles. The van der Waals surface area contributed by atoms with E-state index in [1.165, 1.54) is 0 Å². The smallest absolute Gasteiger partial charge is 0.241 e. The van der Waals surface area contributed by atoms with Crippen LogP contribution in [0.1, 0.15) is 19.7 Å². The summed E-state index contributed by atoms with van der Waals surface area (Å²) in [6, 6.07) is 10.1. The van der Waals surface area contributed by atoms with E-state index >= 15 is 0 Å². The van der Waals surface area contributed by atoms with E-state index in [-0.39, 0.29) is 36.4 Å². The van der Waals surface area contributed by atoms with Crippen molar-refractivity contribution >= 4 is 35.8 Å². The molecule has 1 heterocycles. The summed E-state index contributed by atoms with van der Waals surface area (Å²) in [5.41, 5.74) is 2.08. The molecule has 142 valence electrons. The Labute approximate surface area is 171 Å². The highest BCUT2D eigenvalue weighted by Gasteiger charge is 2.10. The second-order valence-corrected chi connectivity index (χ2v) is 5.59. The number of carbonyl (C=O) groups excluding carboxylic acids is 1. The fraction of sp³-hybridized carbons (Fsp3) is 0.389. The highest BCUT2D eigenvalue weighted by Crippen LogP contribution is 2.16. The number of hydrogen-bond acceptors (Lipinski definition) is 3. The second kappa shape index (κ2) is 11.5. The number of halogens is 1. The number of carbonyl (C=O) groups is 1. The van der Waals surface area contributed by atoms with Gasteiger partial charge in [0.2, 0.25) is 5.91 Å². The van der Waals surface area contributed by atoms with E-state index in [1.54, 1.807) is 0 Å². The summed E-state index contributed by atoms with van der Waals surface area (Å²) in [4.78, 5) is 25.7. The molecule has 0 atom stereocenters. The first-order valence-electron chi connectivity index (χ1n) is 8.49. The summed E-state index contributed by atoms with van der Waals surface area (Å²) in [6.07, 6.45) is 1.83. The molecule has 0 aliphatic heterocycles. The number of hydrogen-bond donors (Lipinski definition) is 3. The lowest BCUT2D eigenvalue weighted by Crippen LogP contribution is -2.39. The highest BCUT2D eigenvalue weighted by atomic mass is 127. The van der Waals surface area contributed by atoms with Crippen LogP contribution < -0.4 is 10.6 Å². The third-order valence-corrected chi connectivity index (χ3v) is 3.54. The number of aromatic amines is 1. The van der Waals surface area contributed by atoms with Gasteiger partial charge in [-0.3, -0.25) is 4.79 Å². The molecule has 0 bridgehead atoms. The van der Waals surface area contributed by atoms with E-state index in [2.05, 4.69) is 25.6 Å². The van der Waals surface area contributed by atoms with Crippen LogP contribution in [0.2, 0.25) is 0 Å². The predicted octanol–water partition coefficient (Wildman–Crippen LogP) is 2.23. The zero-order valence-corrected chi connectivity index (χ0v) is 17.8. The van der Waals surface area contributed by atoms with Gasteiger partial charge in [-0.15, -0.1) is 24.0 Å². The minimum atomic E-state index is -0.0873. The number of imidazole rings is 1. The highest BCUT2D eigenvalue weighted by molar-refractivity contribution is 14.0. The maximum atomic E-state index is 11.6. The van der Waals surface area contributed by atoms with Gasteiger partial charge in [-0.2, -0.15) is 0 Å². The number of H-pyrrole nitrogens is 1. The van der Waals surface area contributed by atoms with Crippen molar-refractivity contribution in [3.63, 3.8) is 0 Å². The van der Waals surface area contributed by atoms with Crippen LogP contribution in [0.5, 0.6) is 0 Å². The Morgan fingerprint density at radius 2 is 1.88 bits per heavy atom. The lowest BCUT2D eigenvalue weighted by molar-refractivity contribution is -0.119. The average Bonchev–Trinajstić information content (AvgIpc) is 3.08. The van der Waals surface area contributed by atoms with Crippen molar-refractivity contribution in [2.45, 2.75) is 20.4 Å². The summed E-state index contributed by atoms with van der Waals surface area (Å²) in [6.45, 7) is 5.89. The molecule has 1 aromatic carbocycles. The SMILES string of the molecule is CCNC(=O)CN=C(NCC)N(C)Cc1ncc(-c2ccccc2)[nH]1.I. The van der Waals surface area contributed by atoms with Crippen molar-refractivity contribution in [3.05, 3.63) is 42.4 Å². The van der Waals surface area contributed by atoms with Gasteiger partial charge in [0.05, 0.1) is 18.4 Å². The van der Waals surface area contributed by atoms with Gasteiger partial charge in [0.15, 0.2) is 5.96 Å². The van der Waals surface area contributed by atoms with E-state index in [9.17, 15) is 4.79 Å². The predicted molar refractivity (Wildman–Crippen MR) is 116 cm³/mol. The van der Waals surface area contributed by atoms with Crippen LogP contribution in [-0.4, -0.2) is 53.4 Å². The Morgan fingerprint density at radius 1 is 1.19 bits per heavy atom. The minimum Gasteiger partial charge on any atom is -0.357 e. The van der Waals surface area contributed by atoms with E-state index in [1.807, 2.05) is 62.3 Å². The molecule has 0 fully saturated rings. The Balaban J connectivity index is 0.00000338. The van der Waals surface area contributed by atoms with Crippen LogP contribution in [-0.2, 0) is 11.3 Å². The number of aliphatic imine (C=N–C) groups is 1. The van der Waals surface area contributed by atoms with Crippen molar-refractivity contribution in [3.8, 4) is 11.3 Å². The van der Waals surface area contributed by atoms with E-state index < -0.39 is 0 Å². The van der Waals surface area contributed by atoms with Crippen LogP contribution in [0, 0.1) is 0 Å². The van der Waals surface area contributed by atoms with Gasteiger partial charge in [-0.1, -0.05) is 30.3 Å². The molecule has 3 N–H and O–H groups in total. The van der Waals surface area contributed by atoms with Gasteiger partial charge >= 0.3 is 0 Å². The third-order valence-electron chi connectivity index (χ3n) is 3.54. The Hall–Kier alpha value is -2.10. The molecular formula is C18H27IN6O. The Kier molecular flexibility index (Phi) is 9.71. The molecule has 26 heavy (non-hydrogen) atoms. The van der Waals surface area contributed by atoms with Gasteiger partial charge in [0.1, 0.15) is 12.4 Å². The molecule has 8 heteroatoms. The first-order valence-corrected chi connectivity index (χ1v) is 8.49. The van der Waals surface area contributed by atoms with Crippen LogP contribution >= 0.6 is 24.0 Å². The number of aromatic nitrogens is 2. The van der Waals surface area contributed by atoms with Gasteiger partial charge in [-0.05, 0) is 19.4 Å². The molecule has 1 aromatic heterocycles. The Morgan fingerprint density at radius 3 is 2.54 bits per heavy atom. The van der Waals surface area contributed by atoms with Crippen LogP contribution in [0.4, 0.5) is 0 Å². The molecule has 0 saturated heterocycles. The molecule has 7 nitrogen and oxygen atoms in total. The molecule has 0 spiro atoms. The van der Waals surface area contributed by atoms with Crippen LogP contribution in [0.3, 0.4) is 0 Å². The normalized spacial score (nSPS) is 10.8. The van der Waals surface area contributed by atoms with Crippen molar-refractivity contribution in [1.29, 1.82) is 0 Å². The van der Waals surface area contributed by atoms with Gasteiger partial charge < -0.3 is 20.5 Å². The molecule has 1 amide bonds. The summed E-state index contributed by atoms with van der Waals surface area (Å²) in [5, 5.41) is 5.94. The first-order chi connectivity index (χ1) is 12.1. The largest absolute Gasteiger partial charge is 0.357 e. The molecule has 2 rings (SSSR count). The number of likely N-dealkylation sites (N-methyl/N-ethyl adjacent to an activating group) is 1. The van der Waals surface area contributed by atoms with Gasteiger partial charge in [-0.25, -0.2) is 9.98 Å². The van der Waals surface area contributed by atoms with Gasteiger partial charge in [0.25, 0.3) is 0 Å². The first kappa shape index (κ1) is 21.9. The molecule has 0 aliphatic rings. The summed E-state index contributed by atoms with van der Waals surface area (Å²) >= 11 is 0. The zero-order valence-electron chi connectivity index (χ0n) is 15.5. The van der Waals surface area contributed by atoms with Crippen molar-refractivity contribution in [2.24, 2.45) is 4.99 Å². The maximum absolute atomic E-state index is 11.6. The quantitative estimate of drug-likeness (QED) is 0.329. The maximum Gasteiger partial charge on any atom is 0.241 e. The third kappa shape index (κ3) is 6.66. The van der Waals surface area contributed by atoms with Gasteiger partial charge in [0, 0.05) is 20.1 Å². The van der Waals surface area contributed by atoms with Crippen LogP contribution in [0.15, 0.2) is 41.5 Å². The summed E-state index contributed by atoms with van der Waals surface area (Å²) in [7, 11) is 1.92. The number of guanidine groups is 1. The number of benzene rings is 1. The molecule has 0 aliphatic carbocycles. The molecular weight excluding hydrogens is 443 g/mol. The fourth-order valence-electron chi connectivity index (χ4n) is 2.38. The van der Waals surface area contributed by atoms with E-state index in [4.69, 9.17) is 0 Å². The lowest BCUT2D eigenvalue weighted by atomic mass is 10.2. The molecule has 0 unspecified atom stereocenters.